The van der Waals surface area contributed by atoms with Crippen molar-refractivity contribution < 1.29 is 22.1 Å². The number of carbonyl (C=O) groups excluding carboxylic acids is 1. The summed E-state index contributed by atoms with van der Waals surface area (Å²) < 4.78 is 35.7. The molecule has 0 aliphatic heterocycles. The Bertz CT molecular complexity index is 875. The van der Waals surface area contributed by atoms with Gasteiger partial charge in [0.15, 0.2) is 5.75 Å². The summed E-state index contributed by atoms with van der Waals surface area (Å²) in [5.41, 5.74) is 1.48. The van der Waals surface area contributed by atoms with E-state index in [1.54, 1.807) is 38.1 Å². The van der Waals surface area contributed by atoms with Crippen LogP contribution in [0, 0.1) is 13.8 Å². The number of anilines is 1. The van der Waals surface area contributed by atoms with Crippen LogP contribution in [0.4, 0.5) is 5.69 Å². The third kappa shape index (κ3) is 3.86. The lowest BCUT2D eigenvalue weighted by molar-refractivity contribution is -0.114. The maximum atomic E-state index is 12.6. The number of hydrogen-bond donors (Lipinski definition) is 1. The zero-order valence-electron chi connectivity index (χ0n) is 13.9. The van der Waals surface area contributed by atoms with Crippen LogP contribution in [0.1, 0.15) is 18.1 Å². The molecule has 0 radical (unpaired) electrons. The van der Waals surface area contributed by atoms with Gasteiger partial charge in [0, 0.05) is 6.92 Å². The Morgan fingerprint density at radius 1 is 1.04 bits per heavy atom. The normalized spacial score (nSPS) is 11.0. The fraction of sp³-hybridized carbons (Fsp3) is 0.235. The number of amides is 1. The molecular weight excluding hydrogens is 330 g/mol. The maximum absolute atomic E-state index is 12.6. The van der Waals surface area contributed by atoms with Gasteiger partial charge in [-0.3, -0.25) is 4.79 Å². The molecule has 1 amide bonds. The lowest BCUT2D eigenvalue weighted by Crippen LogP contribution is -2.14. The van der Waals surface area contributed by atoms with Crippen LogP contribution in [0.2, 0.25) is 0 Å². The van der Waals surface area contributed by atoms with E-state index in [-0.39, 0.29) is 22.2 Å². The molecule has 0 aromatic heterocycles. The molecule has 0 aliphatic rings. The molecule has 0 atom stereocenters. The summed E-state index contributed by atoms with van der Waals surface area (Å²) in [6.45, 7) is 4.75. The predicted molar refractivity (Wildman–Crippen MR) is 91.0 cm³/mol. The molecule has 2 aromatic carbocycles. The second-order valence-corrected chi connectivity index (χ2v) is 6.82. The molecule has 0 heterocycles. The molecule has 2 aromatic rings. The molecule has 1 N–H and O–H groups in total. The first-order chi connectivity index (χ1) is 11.2. The standard InChI is InChI=1S/C17H19NO5S/c1-11-10-17(12(2)9-16(11)22-4)24(20,21)23-15-8-6-5-7-14(15)18-13(3)19/h5-10H,1-4H3,(H,18,19). The van der Waals surface area contributed by atoms with Crippen molar-refractivity contribution in [3.8, 4) is 11.5 Å². The second-order valence-electron chi connectivity index (χ2n) is 5.30. The summed E-state index contributed by atoms with van der Waals surface area (Å²) in [5.74, 6) is 0.339. The van der Waals surface area contributed by atoms with E-state index < -0.39 is 10.1 Å². The number of nitrogens with one attached hydrogen (secondary N) is 1. The average Bonchev–Trinajstić information content (AvgIpc) is 2.50. The number of para-hydroxylation sites is 2. The Morgan fingerprint density at radius 2 is 1.71 bits per heavy atom. The minimum atomic E-state index is -4.06. The highest BCUT2D eigenvalue weighted by Crippen LogP contribution is 2.30. The van der Waals surface area contributed by atoms with Crippen LogP contribution >= 0.6 is 0 Å². The van der Waals surface area contributed by atoms with Gasteiger partial charge in [0.1, 0.15) is 10.6 Å². The monoisotopic (exact) mass is 349 g/mol. The van der Waals surface area contributed by atoms with E-state index in [1.165, 1.54) is 26.2 Å². The highest BCUT2D eigenvalue weighted by Gasteiger charge is 2.22. The molecular formula is C17H19NO5S. The topological polar surface area (TPSA) is 81.7 Å². The zero-order chi connectivity index (χ0) is 17.9. The number of methoxy groups -OCH3 is 1. The van der Waals surface area contributed by atoms with Crippen LogP contribution < -0.4 is 14.2 Å². The average molecular weight is 349 g/mol. The van der Waals surface area contributed by atoms with E-state index in [4.69, 9.17) is 8.92 Å². The van der Waals surface area contributed by atoms with Crippen molar-refractivity contribution in [1.82, 2.24) is 0 Å². The SMILES string of the molecule is COc1cc(C)c(S(=O)(=O)Oc2ccccc2NC(C)=O)cc1C. The maximum Gasteiger partial charge on any atom is 0.339 e. The molecule has 24 heavy (non-hydrogen) atoms. The van der Waals surface area contributed by atoms with E-state index in [2.05, 4.69) is 5.32 Å². The molecule has 0 saturated heterocycles. The van der Waals surface area contributed by atoms with Gasteiger partial charge in [0.2, 0.25) is 5.91 Å². The van der Waals surface area contributed by atoms with Crippen molar-refractivity contribution in [2.75, 3.05) is 12.4 Å². The number of rotatable bonds is 5. The quantitative estimate of drug-likeness (QED) is 0.839. The molecule has 7 heteroatoms. The highest BCUT2D eigenvalue weighted by atomic mass is 32.2. The molecule has 6 nitrogen and oxygen atoms in total. The summed E-state index contributed by atoms with van der Waals surface area (Å²) >= 11 is 0. The molecule has 128 valence electrons. The zero-order valence-corrected chi connectivity index (χ0v) is 14.7. The Balaban J connectivity index is 2.43. The predicted octanol–water partition coefficient (Wildman–Crippen LogP) is 3.04. The smallest absolute Gasteiger partial charge is 0.339 e. The second kappa shape index (κ2) is 6.92. The van der Waals surface area contributed by atoms with Gasteiger partial charge in [-0.15, -0.1) is 0 Å². The summed E-state index contributed by atoms with van der Waals surface area (Å²) in [4.78, 5) is 11.3. The fourth-order valence-electron chi connectivity index (χ4n) is 2.25. The number of hydrogen-bond acceptors (Lipinski definition) is 5. The third-order valence-electron chi connectivity index (χ3n) is 3.36. The summed E-state index contributed by atoms with van der Waals surface area (Å²) in [7, 11) is -2.53. The van der Waals surface area contributed by atoms with Crippen molar-refractivity contribution >= 4 is 21.7 Å². The molecule has 0 fully saturated rings. The minimum absolute atomic E-state index is 0.0541. The third-order valence-corrected chi connectivity index (χ3v) is 4.74. The van der Waals surface area contributed by atoms with Crippen molar-refractivity contribution in [3.05, 3.63) is 47.5 Å². The van der Waals surface area contributed by atoms with E-state index >= 15 is 0 Å². The summed E-state index contributed by atoms with van der Waals surface area (Å²) in [5, 5.41) is 2.54. The summed E-state index contributed by atoms with van der Waals surface area (Å²) in [6.07, 6.45) is 0. The molecule has 0 bridgehead atoms. The van der Waals surface area contributed by atoms with E-state index in [9.17, 15) is 13.2 Å². The van der Waals surface area contributed by atoms with Gasteiger partial charge < -0.3 is 14.2 Å². The summed E-state index contributed by atoms with van der Waals surface area (Å²) in [6, 6.07) is 9.50. The van der Waals surface area contributed by atoms with Crippen LogP contribution in [0.3, 0.4) is 0 Å². The molecule has 0 spiro atoms. The Morgan fingerprint density at radius 3 is 2.33 bits per heavy atom. The van der Waals surface area contributed by atoms with E-state index in [0.29, 0.717) is 16.9 Å². The Labute approximate surface area is 141 Å². The molecule has 0 aliphatic carbocycles. The van der Waals surface area contributed by atoms with Crippen molar-refractivity contribution in [1.29, 1.82) is 0 Å². The Kier molecular flexibility index (Phi) is 5.14. The molecule has 2 rings (SSSR count). The lowest BCUT2D eigenvalue weighted by atomic mass is 10.1. The minimum Gasteiger partial charge on any atom is -0.496 e. The number of benzene rings is 2. The fourth-order valence-corrected chi connectivity index (χ4v) is 3.49. The largest absolute Gasteiger partial charge is 0.496 e. The number of ether oxygens (including phenoxy) is 1. The van der Waals surface area contributed by atoms with Gasteiger partial charge in [-0.05, 0) is 49.2 Å². The van der Waals surface area contributed by atoms with Gasteiger partial charge in [0.25, 0.3) is 0 Å². The van der Waals surface area contributed by atoms with Gasteiger partial charge >= 0.3 is 10.1 Å². The van der Waals surface area contributed by atoms with Crippen LogP contribution in [-0.2, 0) is 14.9 Å². The first-order valence-corrected chi connectivity index (χ1v) is 8.62. The van der Waals surface area contributed by atoms with Crippen LogP contribution in [0.25, 0.3) is 0 Å². The first-order valence-electron chi connectivity index (χ1n) is 7.21. The molecule has 0 saturated carbocycles. The van der Waals surface area contributed by atoms with Gasteiger partial charge in [-0.2, -0.15) is 8.42 Å². The van der Waals surface area contributed by atoms with Gasteiger partial charge in [-0.25, -0.2) is 0 Å². The molecule has 0 unspecified atom stereocenters. The van der Waals surface area contributed by atoms with Crippen LogP contribution in [0.15, 0.2) is 41.3 Å². The van der Waals surface area contributed by atoms with Gasteiger partial charge in [0.05, 0.1) is 12.8 Å². The number of aryl methyl sites for hydroxylation is 2. The highest BCUT2D eigenvalue weighted by molar-refractivity contribution is 7.87. The number of carbonyl (C=O) groups is 1. The van der Waals surface area contributed by atoms with Crippen molar-refractivity contribution in [2.24, 2.45) is 0 Å². The van der Waals surface area contributed by atoms with Gasteiger partial charge in [-0.1, -0.05) is 12.1 Å². The van der Waals surface area contributed by atoms with E-state index in [0.717, 1.165) is 0 Å². The van der Waals surface area contributed by atoms with Crippen molar-refractivity contribution in [3.63, 3.8) is 0 Å². The van der Waals surface area contributed by atoms with Crippen LogP contribution in [-0.4, -0.2) is 21.4 Å². The first kappa shape index (κ1) is 17.8. The lowest BCUT2D eigenvalue weighted by Gasteiger charge is -2.14. The van der Waals surface area contributed by atoms with E-state index in [1.807, 2.05) is 0 Å². The Hall–Kier alpha value is -2.54. The van der Waals surface area contributed by atoms with Crippen molar-refractivity contribution in [2.45, 2.75) is 25.7 Å². The van der Waals surface area contributed by atoms with Crippen LogP contribution in [0.5, 0.6) is 11.5 Å².